The van der Waals surface area contributed by atoms with Crippen LogP contribution in [-0.4, -0.2) is 39.4 Å². The molecule has 0 aliphatic heterocycles. The van der Waals surface area contributed by atoms with Gasteiger partial charge in [-0.05, 0) is 26.2 Å². The van der Waals surface area contributed by atoms with Gasteiger partial charge in [-0.1, -0.05) is 0 Å². The second-order valence-corrected chi connectivity index (χ2v) is 5.71. The molecular formula is C9H17O7P. The van der Waals surface area contributed by atoms with Gasteiger partial charge in [0, 0.05) is 6.61 Å². The second kappa shape index (κ2) is 5.46. The number of phosphoric acid groups is 1. The zero-order valence-corrected chi connectivity index (χ0v) is 10.4. The van der Waals surface area contributed by atoms with Gasteiger partial charge in [0.05, 0.1) is 18.1 Å². The highest BCUT2D eigenvalue weighted by atomic mass is 31.2. The maximum atomic E-state index is 11.3. The normalized spacial score (nSPS) is 22.6. The Balaban J connectivity index is 2.39. The summed E-state index contributed by atoms with van der Waals surface area (Å²) in [5.74, 6) is -1.03. The molecule has 0 radical (unpaired) electrons. The van der Waals surface area contributed by atoms with Crippen LogP contribution in [0.3, 0.4) is 0 Å². The maximum Gasteiger partial charge on any atom is 0.529 e. The summed E-state index contributed by atoms with van der Waals surface area (Å²) in [6.45, 7) is 1.03. The maximum absolute atomic E-state index is 11.3. The van der Waals surface area contributed by atoms with E-state index in [0.29, 0.717) is 12.8 Å². The largest absolute Gasteiger partial charge is 0.529 e. The molecule has 1 unspecified atom stereocenters. The monoisotopic (exact) mass is 268 g/mol. The van der Waals surface area contributed by atoms with Crippen molar-refractivity contribution in [1.29, 1.82) is 0 Å². The average Bonchev–Trinajstić information content (AvgIpc) is 2.83. The fraction of sp³-hybridized carbons (Fsp3) is 0.889. The molecule has 0 saturated heterocycles. The Labute approximate surface area is 99.0 Å². The molecule has 0 heterocycles. The van der Waals surface area contributed by atoms with Gasteiger partial charge in [0.15, 0.2) is 0 Å². The quantitative estimate of drug-likeness (QED) is 0.570. The Kier molecular flexibility index (Phi) is 4.69. The molecule has 7 nitrogen and oxygen atoms in total. The van der Waals surface area contributed by atoms with Crippen molar-refractivity contribution in [2.75, 3.05) is 6.61 Å². The summed E-state index contributed by atoms with van der Waals surface area (Å²) in [5.41, 5.74) is -1.47. The molecule has 1 rings (SSSR count). The Morgan fingerprint density at radius 2 is 2.12 bits per heavy atom. The van der Waals surface area contributed by atoms with Crippen molar-refractivity contribution in [3.63, 3.8) is 0 Å². The molecule has 0 aromatic rings. The van der Waals surface area contributed by atoms with Gasteiger partial charge < -0.3 is 14.7 Å². The van der Waals surface area contributed by atoms with Gasteiger partial charge in [-0.3, -0.25) is 14.2 Å². The number of carbonyl (C=O) groups is 1. The Hall–Kier alpha value is -0.460. The van der Waals surface area contributed by atoms with Gasteiger partial charge in [0.2, 0.25) is 0 Å². The van der Waals surface area contributed by atoms with E-state index >= 15 is 0 Å². The lowest BCUT2D eigenvalue weighted by atomic mass is 9.99. The highest BCUT2D eigenvalue weighted by Gasteiger charge is 2.37. The summed E-state index contributed by atoms with van der Waals surface area (Å²) in [6, 6.07) is 0. The van der Waals surface area contributed by atoms with E-state index in [0.717, 1.165) is 0 Å². The lowest BCUT2D eigenvalue weighted by Gasteiger charge is -2.21. The van der Waals surface area contributed by atoms with Crippen molar-refractivity contribution in [3.8, 4) is 0 Å². The van der Waals surface area contributed by atoms with Crippen molar-refractivity contribution >= 4 is 13.8 Å². The summed E-state index contributed by atoms with van der Waals surface area (Å²) in [5, 5.41) is 18.2. The van der Waals surface area contributed by atoms with Crippen LogP contribution in [0.4, 0.5) is 0 Å². The van der Waals surface area contributed by atoms with Crippen LogP contribution in [0, 0.1) is 0 Å². The zero-order chi connectivity index (χ0) is 13.1. The third-order valence-corrected chi connectivity index (χ3v) is 3.20. The highest BCUT2D eigenvalue weighted by Crippen LogP contribution is 2.49. The summed E-state index contributed by atoms with van der Waals surface area (Å²) in [4.78, 5) is 20.5. The summed E-state index contributed by atoms with van der Waals surface area (Å²) in [6.07, 6.45) is 0.513. The van der Waals surface area contributed by atoms with E-state index in [9.17, 15) is 19.4 Å². The third kappa shape index (κ3) is 6.14. The minimum absolute atomic E-state index is 0.0265. The van der Waals surface area contributed by atoms with Crippen molar-refractivity contribution in [1.82, 2.24) is 0 Å². The van der Waals surface area contributed by atoms with Crippen LogP contribution in [-0.2, 0) is 18.4 Å². The molecule has 1 aliphatic carbocycles. The topological polar surface area (TPSA) is 113 Å². The minimum atomic E-state index is -4.37. The number of phosphoric ester groups is 1. The predicted octanol–water partition coefficient (Wildman–Crippen LogP) is 0.332. The van der Waals surface area contributed by atoms with E-state index in [1.807, 2.05) is 0 Å². The number of aliphatic hydroxyl groups is 2. The van der Waals surface area contributed by atoms with Crippen molar-refractivity contribution < 1.29 is 33.5 Å². The van der Waals surface area contributed by atoms with Crippen LogP contribution in [0.25, 0.3) is 0 Å². The molecule has 0 spiro atoms. The van der Waals surface area contributed by atoms with Gasteiger partial charge in [0.25, 0.3) is 0 Å². The SMILES string of the molecule is C[C@@](O)(CCO)CC(=O)OP(=O)(O)OC1CC1. The first-order chi connectivity index (χ1) is 7.74. The number of carbonyl (C=O) groups excluding carboxylic acids is 1. The van der Waals surface area contributed by atoms with Crippen molar-refractivity contribution in [2.45, 2.75) is 44.3 Å². The lowest BCUT2D eigenvalue weighted by molar-refractivity contribution is -0.141. The number of hydrogen-bond donors (Lipinski definition) is 3. The van der Waals surface area contributed by atoms with Crippen LogP contribution < -0.4 is 0 Å². The molecule has 8 heteroatoms. The molecule has 2 atom stereocenters. The Morgan fingerprint density at radius 3 is 2.59 bits per heavy atom. The fourth-order valence-corrected chi connectivity index (χ4v) is 2.14. The Morgan fingerprint density at radius 1 is 1.53 bits per heavy atom. The van der Waals surface area contributed by atoms with Gasteiger partial charge in [-0.25, -0.2) is 4.57 Å². The molecule has 1 saturated carbocycles. The van der Waals surface area contributed by atoms with Gasteiger partial charge >= 0.3 is 13.8 Å². The van der Waals surface area contributed by atoms with E-state index in [1.165, 1.54) is 6.92 Å². The van der Waals surface area contributed by atoms with Gasteiger partial charge in [0.1, 0.15) is 0 Å². The standard InChI is InChI=1S/C9H17O7P/c1-9(12,4-5-10)6-8(11)16-17(13,14)15-7-2-3-7/h7,10,12H,2-6H2,1H3,(H,13,14)/t9-/m1/s1. The molecular weight excluding hydrogens is 251 g/mol. The first-order valence-corrected chi connectivity index (χ1v) is 6.80. The Bertz CT molecular complexity index is 323. The number of hydrogen-bond acceptors (Lipinski definition) is 6. The van der Waals surface area contributed by atoms with Crippen molar-refractivity contribution in [3.05, 3.63) is 0 Å². The van der Waals surface area contributed by atoms with E-state index in [2.05, 4.69) is 9.05 Å². The second-order valence-electron chi connectivity index (χ2n) is 4.38. The highest BCUT2D eigenvalue weighted by molar-refractivity contribution is 7.48. The van der Waals surface area contributed by atoms with Crippen LogP contribution in [0.5, 0.6) is 0 Å². The third-order valence-electron chi connectivity index (χ3n) is 2.20. The van der Waals surface area contributed by atoms with Crippen LogP contribution >= 0.6 is 7.82 Å². The smallest absolute Gasteiger partial charge is 0.396 e. The molecule has 1 aliphatic rings. The molecule has 17 heavy (non-hydrogen) atoms. The number of aliphatic hydroxyl groups excluding tert-OH is 1. The van der Waals surface area contributed by atoms with Gasteiger partial charge in [-0.15, -0.1) is 0 Å². The molecule has 0 aromatic carbocycles. The first-order valence-electron chi connectivity index (χ1n) is 5.31. The molecule has 0 aromatic heterocycles. The predicted molar refractivity (Wildman–Crippen MR) is 57.0 cm³/mol. The molecule has 1 fully saturated rings. The molecule has 3 N–H and O–H groups in total. The lowest BCUT2D eigenvalue weighted by Crippen LogP contribution is -2.29. The zero-order valence-electron chi connectivity index (χ0n) is 9.53. The summed E-state index contributed by atoms with van der Waals surface area (Å²) >= 11 is 0. The van der Waals surface area contributed by atoms with Crippen molar-refractivity contribution in [2.24, 2.45) is 0 Å². The van der Waals surface area contributed by atoms with Gasteiger partial charge in [-0.2, -0.15) is 0 Å². The first kappa shape index (κ1) is 14.6. The van der Waals surface area contributed by atoms with E-state index in [1.54, 1.807) is 0 Å². The average molecular weight is 268 g/mol. The van der Waals surface area contributed by atoms with E-state index in [-0.39, 0.29) is 19.1 Å². The number of rotatable bonds is 7. The van der Waals surface area contributed by atoms with Crippen LogP contribution in [0.2, 0.25) is 0 Å². The molecule has 0 bridgehead atoms. The van der Waals surface area contributed by atoms with Crippen LogP contribution in [0.1, 0.15) is 32.6 Å². The molecule has 100 valence electrons. The minimum Gasteiger partial charge on any atom is -0.396 e. The van der Waals surface area contributed by atoms with Crippen LogP contribution in [0.15, 0.2) is 0 Å². The molecule has 0 amide bonds. The fourth-order valence-electron chi connectivity index (χ4n) is 1.18. The van der Waals surface area contributed by atoms with E-state index in [4.69, 9.17) is 5.11 Å². The summed E-state index contributed by atoms with van der Waals surface area (Å²) in [7, 11) is -4.37. The summed E-state index contributed by atoms with van der Waals surface area (Å²) < 4.78 is 20.2. The van der Waals surface area contributed by atoms with E-state index < -0.39 is 25.8 Å².